The van der Waals surface area contributed by atoms with Gasteiger partial charge in [0.15, 0.2) is 0 Å². The average molecular weight is 344 g/mol. The van der Waals surface area contributed by atoms with Gasteiger partial charge in [0, 0.05) is 30.2 Å². The van der Waals surface area contributed by atoms with Crippen LogP contribution in [0.2, 0.25) is 0 Å². The zero-order valence-electron chi connectivity index (χ0n) is 15.4. The first-order valence-electron chi connectivity index (χ1n) is 8.79. The number of aromatic nitrogens is 1. The molecule has 2 rings (SSSR count). The average Bonchev–Trinajstić information content (AvgIpc) is 2.90. The third kappa shape index (κ3) is 5.24. The van der Waals surface area contributed by atoms with Crippen LogP contribution in [-0.4, -0.2) is 22.5 Å². The summed E-state index contributed by atoms with van der Waals surface area (Å²) in [6, 6.07) is 7.32. The first kappa shape index (κ1) is 18.8. The Morgan fingerprint density at radius 2 is 1.80 bits per heavy atom. The molecule has 6 nitrogen and oxygen atoms in total. The van der Waals surface area contributed by atoms with Gasteiger partial charge in [-0.05, 0) is 25.3 Å². The van der Waals surface area contributed by atoms with E-state index >= 15 is 0 Å². The number of aryl methyl sites for hydroxylation is 1. The fourth-order valence-electron chi connectivity index (χ4n) is 2.87. The number of rotatable bonds is 6. The fourth-order valence-corrected chi connectivity index (χ4v) is 2.87. The maximum Gasteiger partial charge on any atom is 0.333 e. The third-order valence-corrected chi connectivity index (χ3v) is 4.23. The van der Waals surface area contributed by atoms with Crippen LogP contribution in [0.3, 0.4) is 0 Å². The molecule has 0 aliphatic heterocycles. The molecule has 0 fully saturated rings. The predicted molar refractivity (Wildman–Crippen MR) is 100 cm³/mol. The van der Waals surface area contributed by atoms with Crippen LogP contribution in [0, 0.1) is 5.92 Å². The molecule has 0 aliphatic carbocycles. The Hall–Kier alpha value is -2.50. The second-order valence-corrected chi connectivity index (χ2v) is 6.95. The molecule has 1 unspecified atom stereocenters. The van der Waals surface area contributed by atoms with Gasteiger partial charge in [0.05, 0.1) is 5.56 Å². The van der Waals surface area contributed by atoms with E-state index in [4.69, 9.17) is 0 Å². The Balaban J connectivity index is 1.84. The largest absolute Gasteiger partial charge is 0.350 e. The SMILES string of the molecule is CC(C)CCCC(C)NC(=O)NNC(=O)c1cn(C)c2ccccc12. The van der Waals surface area contributed by atoms with Crippen molar-refractivity contribution < 1.29 is 9.59 Å². The van der Waals surface area contributed by atoms with Crippen molar-refractivity contribution in [2.24, 2.45) is 13.0 Å². The minimum absolute atomic E-state index is 0.0632. The van der Waals surface area contributed by atoms with E-state index in [1.54, 1.807) is 6.20 Å². The topological polar surface area (TPSA) is 75.2 Å². The molecule has 25 heavy (non-hydrogen) atoms. The Bertz CT molecular complexity index is 736. The molecular weight excluding hydrogens is 316 g/mol. The van der Waals surface area contributed by atoms with Crippen LogP contribution >= 0.6 is 0 Å². The minimum atomic E-state index is -0.398. The number of para-hydroxylation sites is 1. The Morgan fingerprint density at radius 1 is 1.08 bits per heavy atom. The second-order valence-electron chi connectivity index (χ2n) is 6.95. The molecule has 0 saturated heterocycles. The summed E-state index contributed by atoms with van der Waals surface area (Å²) in [5.41, 5.74) is 6.40. The molecule has 0 bridgehead atoms. The molecule has 1 atom stereocenters. The summed E-state index contributed by atoms with van der Waals surface area (Å²) in [7, 11) is 1.89. The van der Waals surface area contributed by atoms with Gasteiger partial charge in [0.25, 0.3) is 5.91 Å². The van der Waals surface area contributed by atoms with Crippen molar-refractivity contribution in [3.8, 4) is 0 Å². The predicted octanol–water partition coefficient (Wildman–Crippen LogP) is 3.34. The Labute approximate surface area is 148 Å². The molecule has 3 N–H and O–H groups in total. The van der Waals surface area contributed by atoms with Crippen molar-refractivity contribution in [3.63, 3.8) is 0 Å². The quantitative estimate of drug-likeness (QED) is 0.703. The van der Waals surface area contributed by atoms with Crippen LogP contribution in [0.5, 0.6) is 0 Å². The van der Waals surface area contributed by atoms with Crippen molar-refractivity contribution in [1.29, 1.82) is 0 Å². The summed E-state index contributed by atoms with van der Waals surface area (Å²) in [6.07, 6.45) is 4.89. The van der Waals surface area contributed by atoms with Crippen molar-refractivity contribution in [1.82, 2.24) is 20.7 Å². The maximum atomic E-state index is 12.3. The van der Waals surface area contributed by atoms with E-state index in [0.29, 0.717) is 11.5 Å². The van der Waals surface area contributed by atoms with Crippen LogP contribution in [0.1, 0.15) is 50.4 Å². The lowest BCUT2D eigenvalue weighted by atomic mass is 10.0. The maximum absolute atomic E-state index is 12.3. The van der Waals surface area contributed by atoms with Gasteiger partial charge < -0.3 is 9.88 Å². The number of amides is 3. The summed E-state index contributed by atoms with van der Waals surface area (Å²) in [5.74, 6) is 0.334. The van der Waals surface area contributed by atoms with Crippen LogP contribution < -0.4 is 16.2 Å². The first-order valence-corrected chi connectivity index (χ1v) is 8.79. The molecule has 1 aromatic heterocycles. The first-order chi connectivity index (χ1) is 11.9. The van der Waals surface area contributed by atoms with Crippen LogP contribution in [-0.2, 0) is 7.05 Å². The molecule has 1 heterocycles. The van der Waals surface area contributed by atoms with E-state index in [-0.39, 0.29) is 11.9 Å². The molecule has 136 valence electrons. The van der Waals surface area contributed by atoms with E-state index in [9.17, 15) is 9.59 Å². The molecule has 0 radical (unpaired) electrons. The van der Waals surface area contributed by atoms with Crippen LogP contribution in [0.15, 0.2) is 30.5 Å². The van der Waals surface area contributed by atoms with E-state index in [0.717, 1.165) is 30.2 Å². The summed E-state index contributed by atoms with van der Waals surface area (Å²) >= 11 is 0. The normalized spacial score (nSPS) is 12.2. The molecule has 0 saturated carbocycles. The molecule has 3 amide bonds. The number of carbonyl (C=O) groups excluding carboxylic acids is 2. The van der Waals surface area contributed by atoms with Gasteiger partial charge >= 0.3 is 6.03 Å². The standard InChI is InChI=1S/C19H28N4O2/c1-13(2)8-7-9-14(3)20-19(25)22-21-18(24)16-12-23(4)17-11-6-5-10-15(16)17/h5-6,10-14H,7-9H2,1-4H3,(H,21,24)(H2,20,22,25). The summed E-state index contributed by atoms with van der Waals surface area (Å²) in [5, 5.41) is 3.69. The number of nitrogens with zero attached hydrogens (tertiary/aromatic N) is 1. The number of hydrazine groups is 1. The lowest BCUT2D eigenvalue weighted by Gasteiger charge is -2.15. The van der Waals surface area contributed by atoms with Crippen molar-refractivity contribution in [3.05, 3.63) is 36.0 Å². The highest BCUT2D eigenvalue weighted by Gasteiger charge is 2.14. The fraction of sp³-hybridized carbons (Fsp3) is 0.474. The minimum Gasteiger partial charge on any atom is -0.350 e. The van der Waals surface area contributed by atoms with E-state index < -0.39 is 6.03 Å². The van der Waals surface area contributed by atoms with Crippen molar-refractivity contribution in [2.45, 2.75) is 46.1 Å². The van der Waals surface area contributed by atoms with E-state index in [1.807, 2.05) is 42.8 Å². The van der Waals surface area contributed by atoms with E-state index in [1.165, 1.54) is 0 Å². The Kier molecular flexibility index (Phi) is 6.44. The summed E-state index contributed by atoms with van der Waals surface area (Å²) in [4.78, 5) is 24.3. The zero-order valence-corrected chi connectivity index (χ0v) is 15.4. The van der Waals surface area contributed by atoms with Gasteiger partial charge in [-0.3, -0.25) is 10.2 Å². The van der Waals surface area contributed by atoms with Gasteiger partial charge in [0.2, 0.25) is 0 Å². The lowest BCUT2D eigenvalue weighted by molar-refractivity contribution is 0.0937. The molecule has 0 aliphatic rings. The molecule has 1 aromatic carbocycles. The van der Waals surface area contributed by atoms with Crippen molar-refractivity contribution in [2.75, 3.05) is 0 Å². The number of nitrogens with one attached hydrogen (secondary N) is 3. The highest BCUT2D eigenvalue weighted by molar-refractivity contribution is 6.07. The highest BCUT2D eigenvalue weighted by Crippen LogP contribution is 2.19. The summed E-state index contributed by atoms with van der Waals surface area (Å²) in [6.45, 7) is 6.34. The number of fused-ring (bicyclic) bond motifs is 1. The van der Waals surface area contributed by atoms with Crippen LogP contribution in [0.25, 0.3) is 10.9 Å². The summed E-state index contributed by atoms with van der Waals surface area (Å²) < 4.78 is 1.89. The number of hydrogen-bond donors (Lipinski definition) is 3. The highest BCUT2D eigenvalue weighted by atomic mass is 16.2. The van der Waals surface area contributed by atoms with Gasteiger partial charge in [-0.2, -0.15) is 0 Å². The van der Waals surface area contributed by atoms with Gasteiger partial charge in [-0.25, -0.2) is 10.2 Å². The van der Waals surface area contributed by atoms with Crippen molar-refractivity contribution >= 4 is 22.8 Å². The monoisotopic (exact) mass is 344 g/mol. The van der Waals surface area contributed by atoms with Gasteiger partial charge in [-0.15, -0.1) is 0 Å². The number of carbonyl (C=O) groups is 2. The molecule has 6 heteroatoms. The van der Waals surface area contributed by atoms with E-state index in [2.05, 4.69) is 30.0 Å². The van der Waals surface area contributed by atoms with Crippen LogP contribution in [0.4, 0.5) is 4.79 Å². The third-order valence-electron chi connectivity index (χ3n) is 4.23. The van der Waals surface area contributed by atoms with Gasteiger partial charge in [0.1, 0.15) is 0 Å². The number of hydrogen-bond acceptors (Lipinski definition) is 2. The molecular formula is C19H28N4O2. The number of urea groups is 1. The molecule has 0 spiro atoms. The smallest absolute Gasteiger partial charge is 0.333 e. The zero-order chi connectivity index (χ0) is 18.4. The Morgan fingerprint density at radius 3 is 2.52 bits per heavy atom. The van der Waals surface area contributed by atoms with Gasteiger partial charge in [-0.1, -0.05) is 44.9 Å². The number of benzene rings is 1. The molecule has 2 aromatic rings. The lowest BCUT2D eigenvalue weighted by Crippen LogP contribution is -2.49. The second kappa shape index (κ2) is 8.55.